The highest BCUT2D eigenvalue weighted by atomic mass is 19.3. The van der Waals surface area contributed by atoms with Crippen molar-refractivity contribution in [2.45, 2.75) is 12.7 Å². The fourth-order valence-electron chi connectivity index (χ4n) is 2.31. The standard InChI is InChI=1S/C20H13F5O2/c21-17-9-7-15(11-19(17)23)27-20(24,25)16-8-6-14(10-18(16)22)26-12-13-4-2-1-3-5-13/h1-11H,12H2. The van der Waals surface area contributed by atoms with Gasteiger partial charge >= 0.3 is 6.11 Å². The predicted molar refractivity (Wildman–Crippen MR) is 88.1 cm³/mol. The minimum absolute atomic E-state index is 0.0590. The first-order valence-corrected chi connectivity index (χ1v) is 7.84. The predicted octanol–water partition coefficient (Wildman–Crippen LogP) is 5.81. The molecule has 3 rings (SSSR count). The largest absolute Gasteiger partial charge is 0.489 e. The summed E-state index contributed by atoms with van der Waals surface area (Å²) in [5.41, 5.74) is -0.228. The third-order valence-corrected chi connectivity index (χ3v) is 3.64. The summed E-state index contributed by atoms with van der Waals surface area (Å²) in [6.45, 7) is 0.140. The molecule has 0 spiro atoms. The Morgan fingerprint density at radius 2 is 1.37 bits per heavy atom. The molecule has 0 aliphatic rings. The zero-order valence-electron chi connectivity index (χ0n) is 13.8. The van der Waals surface area contributed by atoms with Crippen molar-refractivity contribution in [1.29, 1.82) is 0 Å². The zero-order chi connectivity index (χ0) is 19.4. The van der Waals surface area contributed by atoms with Gasteiger partial charge in [-0.05, 0) is 29.8 Å². The molecule has 0 N–H and O–H groups in total. The van der Waals surface area contributed by atoms with E-state index in [0.29, 0.717) is 12.1 Å². The molecule has 0 radical (unpaired) electrons. The van der Waals surface area contributed by atoms with Gasteiger partial charge in [-0.2, -0.15) is 8.78 Å². The first kappa shape index (κ1) is 18.7. The normalized spacial score (nSPS) is 11.3. The van der Waals surface area contributed by atoms with Crippen LogP contribution in [0.15, 0.2) is 66.7 Å². The van der Waals surface area contributed by atoms with Gasteiger partial charge in [0, 0.05) is 12.1 Å². The molecule has 0 atom stereocenters. The molecule has 0 aliphatic heterocycles. The van der Waals surface area contributed by atoms with E-state index < -0.39 is 34.9 Å². The SMILES string of the molecule is Fc1ccc(OC(F)(F)c2ccc(OCc3ccccc3)cc2F)cc1F. The highest BCUT2D eigenvalue weighted by Gasteiger charge is 2.38. The quantitative estimate of drug-likeness (QED) is 0.503. The first-order chi connectivity index (χ1) is 12.8. The zero-order valence-corrected chi connectivity index (χ0v) is 13.8. The smallest absolute Gasteiger partial charge is 0.429 e. The molecule has 0 amide bonds. The number of hydrogen-bond donors (Lipinski definition) is 0. The number of hydrogen-bond acceptors (Lipinski definition) is 2. The molecule has 0 saturated heterocycles. The lowest BCUT2D eigenvalue weighted by molar-refractivity contribution is -0.187. The summed E-state index contributed by atoms with van der Waals surface area (Å²) in [7, 11) is 0. The van der Waals surface area contributed by atoms with Crippen LogP contribution in [0.3, 0.4) is 0 Å². The molecule has 0 heterocycles. The van der Waals surface area contributed by atoms with Gasteiger partial charge in [0.1, 0.15) is 29.5 Å². The number of rotatable bonds is 6. The van der Waals surface area contributed by atoms with Crippen LogP contribution in [0.25, 0.3) is 0 Å². The third-order valence-electron chi connectivity index (χ3n) is 3.64. The lowest BCUT2D eigenvalue weighted by Gasteiger charge is -2.19. The number of ether oxygens (including phenoxy) is 2. The maximum Gasteiger partial charge on any atom is 0.429 e. The van der Waals surface area contributed by atoms with Crippen molar-refractivity contribution in [3.05, 3.63) is 95.3 Å². The highest BCUT2D eigenvalue weighted by Crippen LogP contribution is 2.35. The van der Waals surface area contributed by atoms with Gasteiger partial charge in [0.15, 0.2) is 11.6 Å². The van der Waals surface area contributed by atoms with Crippen LogP contribution in [0, 0.1) is 17.5 Å². The summed E-state index contributed by atoms with van der Waals surface area (Å²) >= 11 is 0. The van der Waals surface area contributed by atoms with E-state index in [4.69, 9.17) is 4.74 Å². The van der Waals surface area contributed by atoms with Gasteiger partial charge in [0.2, 0.25) is 0 Å². The molecular weight excluding hydrogens is 367 g/mol. The van der Waals surface area contributed by atoms with Crippen molar-refractivity contribution in [1.82, 2.24) is 0 Å². The minimum atomic E-state index is -4.09. The van der Waals surface area contributed by atoms with Crippen LogP contribution in [0.5, 0.6) is 11.5 Å². The van der Waals surface area contributed by atoms with Crippen LogP contribution in [-0.4, -0.2) is 0 Å². The minimum Gasteiger partial charge on any atom is -0.489 e. The summed E-state index contributed by atoms with van der Waals surface area (Å²) in [6.07, 6.45) is -4.09. The van der Waals surface area contributed by atoms with Crippen molar-refractivity contribution < 1.29 is 31.4 Å². The Hall–Kier alpha value is -3.09. The van der Waals surface area contributed by atoms with Crippen LogP contribution in [0.1, 0.15) is 11.1 Å². The topological polar surface area (TPSA) is 18.5 Å². The first-order valence-electron chi connectivity index (χ1n) is 7.84. The Morgan fingerprint density at radius 1 is 0.704 bits per heavy atom. The summed E-state index contributed by atoms with van der Waals surface area (Å²) in [6, 6.07) is 13.7. The van der Waals surface area contributed by atoms with Crippen LogP contribution in [0.4, 0.5) is 22.0 Å². The Labute approximate surface area is 151 Å². The third kappa shape index (κ3) is 4.55. The van der Waals surface area contributed by atoms with Gasteiger partial charge in [-0.15, -0.1) is 0 Å². The van der Waals surface area contributed by atoms with Gasteiger partial charge in [-0.3, -0.25) is 0 Å². The van der Waals surface area contributed by atoms with Crippen molar-refractivity contribution in [3.8, 4) is 11.5 Å². The van der Waals surface area contributed by atoms with E-state index in [-0.39, 0.29) is 12.4 Å². The molecule has 0 bridgehead atoms. The second kappa shape index (κ2) is 7.65. The molecule has 0 aliphatic carbocycles. The molecule has 0 aromatic heterocycles. The molecule has 0 saturated carbocycles. The van der Waals surface area contributed by atoms with Gasteiger partial charge in [0.05, 0.1) is 0 Å². The molecule has 27 heavy (non-hydrogen) atoms. The molecule has 140 valence electrons. The summed E-state index contributed by atoms with van der Waals surface area (Å²) in [5.74, 6) is -4.40. The van der Waals surface area contributed by atoms with E-state index in [9.17, 15) is 22.0 Å². The average molecular weight is 380 g/mol. The molecule has 2 nitrogen and oxygen atoms in total. The van der Waals surface area contributed by atoms with Crippen molar-refractivity contribution in [3.63, 3.8) is 0 Å². The molecule has 0 fully saturated rings. The fraction of sp³-hybridized carbons (Fsp3) is 0.100. The second-order valence-corrected chi connectivity index (χ2v) is 5.61. The number of halogens is 5. The van der Waals surface area contributed by atoms with E-state index in [2.05, 4.69) is 4.74 Å². The van der Waals surface area contributed by atoms with Gasteiger partial charge in [-0.25, -0.2) is 13.2 Å². The van der Waals surface area contributed by atoms with Crippen molar-refractivity contribution in [2.24, 2.45) is 0 Å². The van der Waals surface area contributed by atoms with Gasteiger partial charge in [-0.1, -0.05) is 30.3 Å². The lowest BCUT2D eigenvalue weighted by Crippen LogP contribution is -2.23. The fourth-order valence-corrected chi connectivity index (χ4v) is 2.31. The molecule has 3 aromatic carbocycles. The van der Waals surface area contributed by atoms with Crippen molar-refractivity contribution >= 4 is 0 Å². The van der Waals surface area contributed by atoms with E-state index >= 15 is 0 Å². The molecule has 0 unspecified atom stereocenters. The van der Waals surface area contributed by atoms with E-state index in [1.54, 1.807) is 24.3 Å². The van der Waals surface area contributed by atoms with Gasteiger partial charge in [0.25, 0.3) is 0 Å². The second-order valence-electron chi connectivity index (χ2n) is 5.61. The summed E-state index contributed by atoms with van der Waals surface area (Å²) < 4.78 is 78.3. The van der Waals surface area contributed by atoms with E-state index in [1.807, 2.05) is 6.07 Å². The maximum absolute atomic E-state index is 14.2. The molecule has 7 heteroatoms. The Morgan fingerprint density at radius 3 is 2.04 bits per heavy atom. The summed E-state index contributed by atoms with van der Waals surface area (Å²) in [4.78, 5) is 0. The van der Waals surface area contributed by atoms with Crippen LogP contribution < -0.4 is 9.47 Å². The molecular formula is C20H13F5O2. The Kier molecular flexibility index (Phi) is 5.30. The Balaban J connectivity index is 1.74. The van der Waals surface area contributed by atoms with Crippen LogP contribution in [-0.2, 0) is 12.7 Å². The molecule has 3 aromatic rings. The highest BCUT2D eigenvalue weighted by molar-refractivity contribution is 5.32. The van der Waals surface area contributed by atoms with E-state index in [1.165, 1.54) is 6.07 Å². The lowest BCUT2D eigenvalue weighted by atomic mass is 10.2. The number of alkyl halides is 2. The van der Waals surface area contributed by atoms with E-state index in [0.717, 1.165) is 23.8 Å². The van der Waals surface area contributed by atoms with Crippen molar-refractivity contribution in [2.75, 3.05) is 0 Å². The Bertz CT molecular complexity index is 929. The van der Waals surface area contributed by atoms with Gasteiger partial charge < -0.3 is 9.47 Å². The van der Waals surface area contributed by atoms with Crippen LogP contribution in [0.2, 0.25) is 0 Å². The number of benzene rings is 3. The maximum atomic E-state index is 14.2. The van der Waals surface area contributed by atoms with Crippen LogP contribution >= 0.6 is 0 Å². The monoisotopic (exact) mass is 380 g/mol. The summed E-state index contributed by atoms with van der Waals surface area (Å²) in [5, 5.41) is 0. The average Bonchev–Trinajstić information content (AvgIpc) is 2.63.